The van der Waals surface area contributed by atoms with E-state index in [2.05, 4.69) is 10.1 Å². The summed E-state index contributed by atoms with van der Waals surface area (Å²) < 4.78 is 29.5. The molecule has 132 valence electrons. The Hall–Kier alpha value is -2.18. The number of nitrogens with zero attached hydrogens (tertiary/aromatic N) is 1. The lowest BCUT2D eigenvalue weighted by atomic mass is 10.1. The van der Waals surface area contributed by atoms with Crippen molar-refractivity contribution >= 4 is 11.8 Å². The molecule has 2 atom stereocenters. The Morgan fingerprint density at radius 1 is 1.38 bits per heavy atom. The van der Waals surface area contributed by atoms with Gasteiger partial charge in [0.15, 0.2) is 0 Å². The number of alkyl halides is 2. The Labute approximate surface area is 140 Å². The van der Waals surface area contributed by atoms with Crippen LogP contribution in [0.25, 0.3) is 0 Å². The molecule has 2 amide bonds. The minimum Gasteiger partial charge on any atom is -0.434 e. The van der Waals surface area contributed by atoms with Gasteiger partial charge in [0, 0.05) is 12.6 Å². The van der Waals surface area contributed by atoms with Crippen LogP contribution in [-0.2, 0) is 4.79 Å². The molecule has 0 radical (unpaired) electrons. The highest BCUT2D eigenvalue weighted by molar-refractivity contribution is 6.00. The minimum atomic E-state index is -3.01. The van der Waals surface area contributed by atoms with E-state index in [9.17, 15) is 18.4 Å². The lowest BCUT2D eigenvalue weighted by molar-refractivity contribution is -0.125. The molecule has 1 fully saturated rings. The second-order valence-electron chi connectivity index (χ2n) is 5.85. The first kappa shape index (κ1) is 18.2. The zero-order valence-corrected chi connectivity index (χ0v) is 13.8. The molecule has 1 aliphatic heterocycles. The number of nitrogens with one attached hydrogen (secondary N) is 1. The molecule has 5 nitrogen and oxygen atoms in total. The van der Waals surface area contributed by atoms with E-state index in [1.165, 1.54) is 23.1 Å². The van der Waals surface area contributed by atoms with Crippen LogP contribution in [-0.4, -0.2) is 42.0 Å². The first-order valence-electron chi connectivity index (χ1n) is 8.09. The lowest BCUT2D eigenvalue weighted by Gasteiger charge is -2.26. The summed E-state index contributed by atoms with van der Waals surface area (Å²) in [5.74, 6) is -0.846. The molecular weight excluding hydrogens is 318 g/mol. The standard InChI is InChI=1S/C17H22F2N2O3/c1-3-11(2)20-15(22)13-8-6-10-21(13)16(23)12-7-4-5-9-14(12)24-17(18)19/h4-5,7,9,11,13,17H,3,6,8,10H2,1-2H3,(H,20,22). The van der Waals surface area contributed by atoms with E-state index in [-0.39, 0.29) is 23.3 Å². The summed E-state index contributed by atoms with van der Waals surface area (Å²) in [4.78, 5) is 26.5. The fourth-order valence-electron chi connectivity index (χ4n) is 2.72. The number of amides is 2. The van der Waals surface area contributed by atoms with Crippen molar-refractivity contribution in [3.63, 3.8) is 0 Å². The summed E-state index contributed by atoms with van der Waals surface area (Å²) in [6.45, 7) is 1.26. The number of halogens is 2. The molecule has 0 aromatic heterocycles. The summed E-state index contributed by atoms with van der Waals surface area (Å²) in [5, 5.41) is 2.87. The van der Waals surface area contributed by atoms with Crippen molar-refractivity contribution in [1.29, 1.82) is 0 Å². The predicted octanol–water partition coefficient (Wildman–Crippen LogP) is 2.81. The molecule has 7 heteroatoms. The highest BCUT2D eigenvalue weighted by Gasteiger charge is 2.35. The molecule has 1 aliphatic rings. The highest BCUT2D eigenvalue weighted by atomic mass is 19.3. The van der Waals surface area contributed by atoms with E-state index in [0.717, 1.165) is 6.42 Å². The number of para-hydroxylation sites is 1. The third-order valence-electron chi connectivity index (χ3n) is 4.15. The quantitative estimate of drug-likeness (QED) is 0.866. The molecule has 1 aromatic carbocycles. The highest BCUT2D eigenvalue weighted by Crippen LogP contribution is 2.26. The molecule has 0 saturated carbocycles. The van der Waals surface area contributed by atoms with E-state index >= 15 is 0 Å². The lowest BCUT2D eigenvalue weighted by Crippen LogP contribution is -2.48. The van der Waals surface area contributed by atoms with Crippen molar-refractivity contribution in [2.24, 2.45) is 0 Å². The largest absolute Gasteiger partial charge is 0.434 e. The van der Waals surface area contributed by atoms with Crippen molar-refractivity contribution in [3.05, 3.63) is 29.8 Å². The maximum Gasteiger partial charge on any atom is 0.387 e. The van der Waals surface area contributed by atoms with Gasteiger partial charge in [-0.2, -0.15) is 8.78 Å². The van der Waals surface area contributed by atoms with Crippen molar-refractivity contribution in [2.75, 3.05) is 6.54 Å². The SMILES string of the molecule is CCC(C)NC(=O)C1CCCN1C(=O)c1ccccc1OC(F)F. The number of carbonyl (C=O) groups excluding carboxylic acids is 2. The van der Waals surface area contributed by atoms with Crippen LogP contribution in [0, 0.1) is 0 Å². The number of hydrogen-bond acceptors (Lipinski definition) is 3. The van der Waals surface area contributed by atoms with Gasteiger partial charge in [-0.1, -0.05) is 19.1 Å². The fourth-order valence-corrected chi connectivity index (χ4v) is 2.72. The summed E-state index contributed by atoms with van der Waals surface area (Å²) >= 11 is 0. The zero-order chi connectivity index (χ0) is 17.7. The number of likely N-dealkylation sites (tertiary alicyclic amines) is 1. The molecule has 1 saturated heterocycles. The van der Waals surface area contributed by atoms with Crippen LogP contribution in [0.5, 0.6) is 5.75 Å². The average Bonchev–Trinajstić information content (AvgIpc) is 3.03. The molecule has 1 heterocycles. The third kappa shape index (κ3) is 4.21. The third-order valence-corrected chi connectivity index (χ3v) is 4.15. The Kier molecular flexibility index (Phi) is 6.11. The second kappa shape index (κ2) is 8.08. The Balaban J connectivity index is 2.18. The van der Waals surface area contributed by atoms with Crippen molar-refractivity contribution in [3.8, 4) is 5.75 Å². The van der Waals surface area contributed by atoms with E-state index in [1.54, 1.807) is 6.07 Å². The van der Waals surface area contributed by atoms with Gasteiger partial charge in [0.1, 0.15) is 11.8 Å². The maximum absolute atomic E-state index is 12.7. The van der Waals surface area contributed by atoms with Gasteiger partial charge < -0.3 is 15.0 Å². The van der Waals surface area contributed by atoms with Crippen LogP contribution in [0.4, 0.5) is 8.78 Å². The molecule has 0 bridgehead atoms. The van der Waals surface area contributed by atoms with Gasteiger partial charge in [-0.05, 0) is 38.3 Å². The summed E-state index contributed by atoms with van der Waals surface area (Å²) in [6.07, 6.45) is 2.05. The minimum absolute atomic E-state index is 0.0181. The van der Waals surface area contributed by atoms with Crippen LogP contribution < -0.4 is 10.1 Å². The van der Waals surface area contributed by atoms with Gasteiger partial charge in [-0.25, -0.2) is 0 Å². The first-order chi connectivity index (χ1) is 11.4. The fraction of sp³-hybridized carbons (Fsp3) is 0.529. The monoisotopic (exact) mass is 340 g/mol. The number of benzene rings is 1. The topological polar surface area (TPSA) is 58.6 Å². The van der Waals surface area contributed by atoms with Crippen LogP contribution in [0.15, 0.2) is 24.3 Å². The summed E-state index contributed by atoms with van der Waals surface area (Å²) in [6, 6.07) is 5.29. The van der Waals surface area contributed by atoms with Gasteiger partial charge in [0.05, 0.1) is 5.56 Å². The van der Waals surface area contributed by atoms with Gasteiger partial charge in [0.2, 0.25) is 5.91 Å². The van der Waals surface area contributed by atoms with Crippen LogP contribution in [0.1, 0.15) is 43.5 Å². The molecule has 1 aromatic rings. The Bertz CT molecular complexity index is 595. The van der Waals surface area contributed by atoms with E-state index in [4.69, 9.17) is 0 Å². The van der Waals surface area contributed by atoms with Crippen LogP contribution >= 0.6 is 0 Å². The molecule has 2 rings (SSSR count). The number of ether oxygens (including phenoxy) is 1. The van der Waals surface area contributed by atoms with E-state index < -0.39 is 18.6 Å². The van der Waals surface area contributed by atoms with Gasteiger partial charge in [0.25, 0.3) is 5.91 Å². The average molecular weight is 340 g/mol. The van der Waals surface area contributed by atoms with Gasteiger partial charge >= 0.3 is 6.61 Å². The maximum atomic E-state index is 12.7. The zero-order valence-electron chi connectivity index (χ0n) is 13.8. The number of hydrogen-bond donors (Lipinski definition) is 1. The normalized spacial score (nSPS) is 18.5. The number of carbonyl (C=O) groups is 2. The molecular formula is C17H22F2N2O3. The molecule has 0 aliphatic carbocycles. The Morgan fingerprint density at radius 3 is 2.75 bits per heavy atom. The molecule has 2 unspecified atom stereocenters. The van der Waals surface area contributed by atoms with Crippen LogP contribution in [0.2, 0.25) is 0 Å². The van der Waals surface area contributed by atoms with E-state index in [0.29, 0.717) is 19.4 Å². The number of rotatable bonds is 6. The molecule has 1 N–H and O–H groups in total. The molecule has 0 spiro atoms. The van der Waals surface area contributed by atoms with Crippen molar-refractivity contribution in [2.45, 2.75) is 51.8 Å². The molecule has 24 heavy (non-hydrogen) atoms. The second-order valence-corrected chi connectivity index (χ2v) is 5.85. The van der Waals surface area contributed by atoms with E-state index in [1.807, 2.05) is 13.8 Å². The van der Waals surface area contributed by atoms with Gasteiger partial charge in [-0.3, -0.25) is 9.59 Å². The predicted molar refractivity (Wildman–Crippen MR) is 85.0 cm³/mol. The van der Waals surface area contributed by atoms with Crippen molar-refractivity contribution < 1.29 is 23.1 Å². The first-order valence-corrected chi connectivity index (χ1v) is 8.09. The van der Waals surface area contributed by atoms with Gasteiger partial charge in [-0.15, -0.1) is 0 Å². The summed E-state index contributed by atoms with van der Waals surface area (Å²) in [7, 11) is 0. The smallest absolute Gasteiger partial charge is 0.387 e. The van der Waals surface area contributed by atoms with Crippen molar-refractivity contribution in [1.82, 2.24) is 10.2 Å². The Morgan fingerprint density at radius 2 is 2.08 bits per heavy atom. The van der Waals surface area contributed by atoms with Crippen LogP contribution in [0.3, 0.4) is 0 Å². The summed E-state index contributed by atoms with van der Waals surface area (Å²) in [5.41, 5.74) is 0.0426.